The zero-order chi connectivity index (χ0) is 20.4. The quantitative estimate of drug-likeness (QED) is 0.363. The van der Waals surface area contributed by atoms with Gasteiger partial charge in [0.15, 0.2) is 0 Å². The number of nitriles is 1. The van der Waals surface area contributed by atoms with Crippen LogP contribution >= 0.6 is 0 Å². The van der Waals surface area contributed by atoms with Crippen molar-refractivity contribution in [3.63, 3.8) is 0 Å². The van der Waals surface area contributed by atoms with Crippen LogP contribution < -0.4 is 10.6 Å². The Balaban J connectivity index is 2.89. The predicted octanol–water partition coefficient (Wildman–Crippen LogP) is 1.36. The van der Waals surface area contributed by atoms with Crippen molar-refractivity contribution < 1.29 is 19.1 Å². The maximum Gasteiger partial charge on any atom is 0.271 e. The molecule has 0 aliphatic heterocycles. The number of aliphatic hydroxyl groups excluding tert-OH is 1. The van der Waals surface area contributed by atoms with Gasteiger partial charge in [-0.25, -0.2) is 4.39 Å². The molecule has 2 amide bonds. The van der Waals surface area contributed by atoms with Crippen molar-refractivity contribution in [3.8, 4) is 6.07 Å². The Morgan fingerprint density at radius 3 is 2.63 bits per heavy atom. The van der Waals surface area contributed by atoms with E-state index in [1.165, 1.54) is 37.3 Å². The number of carbonyl (C=O) groups excluding carboxylic acids is 2. The van der Waals surface area contributed by atoms with Gasteiger partial charge in [-0.15, -0.1) is 0 Å². The number of amides is 2. The van der Waals surface area contributed by atoms with E-state index >= 15 is 0 Å². The van der Waals surface area contributed by atoms with E-state index < -0.39 is 29.8 Å². The molecule has 0 aliphatic carbocycles. The number of carbonyl (C=O) groups is 2. The smallest absolute Gasteiger partial charge is 0.271 e. The van der Waals surface area contributed by atoms with Crippen LogP contribution in [0, 0.1) is 17.1 Å². The minimum absolute atomic E-state index is 0.163. The molecule has 142 valence electrons. The number of allylic oxidation sites excluding steroid dienone is 2. The predicted molar refractivity (Wildman–Crippen MR) is 98.9 cm³/mol. The van der Waals surface area contributed by atoms with Crippen LogP contribution in [0.4, 0.5) is 4.39 Å². The first kappa shape index (κ1) is 21.7. The molecule has 1 unspecified atom stereocenters. The van der Waals surface area contributed by atoms with Gasteiger partial charge < -0.3 is 15.7 Å². The molecule has 0 aromatic heterocycles. The van der Waals surface area contributed by atoms with Gasteiger partial charge in [0.05, 0.1) is 19.1 Å². The SMILES string of the molecule is C=N/C(=C\C(=C/C)NC(=O)Cc1ccccc1F)C(=O)NC(C)(C#N)CO. The highest BCUT2D eigenvalue weighted by Gasteiger charge is 2.26. The van der Waals surface area contributed by atoms with Gasteiger partial charge in [0.25, 0.3) is 5.91 Å². The van der Waals surface area contributed by atoms with Gasteiger partial charge in [0.1, 0.15) is 17.1 Å². The Labute approximate surface area is 156 Å². The third-order valence-electron chi connectivity index (χ3n) is 3.55. The molecular formula is C19H21FN4O3. The molecule has 0 bridgehead atoms. The second-order valence-corrected chi connectivity index (χ2v) is 5.80. The molecule has 8 heteroatoms. The van der Waals surface area contributed by atoms with Crippen molar-refractivity contribution in [2.24, 2.45) is 4.99 Å². The zero-order valence-electron chi connectivity index (χ0n) is 15.1. The normalized spacial score (nSPS) is 13.9. The summed E-state index contributed by atoms with van der Waals surface area (Å²) in [5.41, 5.74) is -1.16. The number of aliphatic hydroxyl groups is 1. The summed E-state index contributed by atoms with van der Waals surface area (Å²) in [7, 11) is 0. The molecule has 1 aromatic rings. The number of hydrogen-bond acceptors (Lipinski definition) is 5. The number of nitrogens with one attached hydrogen (secondary N) is 2. The largest absolute Gasteiger partial charge is 0.393 e. The first-order valence-corrected chi connectivity index (χ1v) is 8.01. The molecule has 0 spiro atoms. The lowest BCUT2D eigenvalue weighted by atomic mass is 10.1. The van der Waals surface area contributed by atoms with Crippen LogP contribution in [0.15, 0.2) is 52.8 Å². The van der Waals surface area contributed by atoms with E-state index in [2.05, 4.69) is 22.3 Å². The number of halogens is 1. The van der Waals surface area contributed by atoms with Crippen LogP contribution in [-0.2, 0) is 16.0 Å². The van der Waals surface area contributed by atoms with E-state index in [0.29, 0.717) is 0 Å². The van der Waals surface area contributed by atoms with Crippen molar-refractivity contribution in [2.45, 2.75) is 25.8 Å². The topological polar surface area (TPSA) is 115 Å². The first-order chi connectivity index (χ1) is 12.8. The second-order valence-electron chi connectivity index (χ2n) is 5.80. The summed E-state index contributed by atoms with van der Waals surface area (Å²) in [4.78, 5) is 27.9. The molecule has 0 aliphatic rings. The van der Waals surface area contributed by atoms with Crippen LogP contribution in [0.5, 0.6) is 0 Å². The maximum atomic E-state index is 13.6. The standard InChI is InChI=1S/C19H21FN4O3/c1-4-14(23-17(26)9-13-7-5-6-8-15(13)20)10-16(22-3)18(27)24-19(2,11-21)12-25/h4-8,10,25H,3,9,12H2,1-2H3,(H,23,26)(H,24,27)/b14-4+,16-10-. The Bertz CT molecular complexity index is 826. The summed E-state index contributed by atoms with van der Waals surface area (Å²) < 4.78 is 13.6. The average molecular weight is 372 g/mol. The van der Waals surface area contributed by atoms with E-state index in [4.69, 9.17) is 5.26 Å². The number of benzene rings is 1. The van der Waals surface area contributed by atoms with Gasteiger partial charge in [-0.2, -0.15) is 5.26 Å². The van der Waals surface area contributed by atoms with Crippen molar-refractivity contribution in [1.82, 2.24) is 10.6 Å². The lowest BCUT2D eigenvalue weighted by molar-refractivity contribution is -0.120. The molecule has 0 radical (unpaired) electrons. The molecule has 0 saturated carbocycles. The summed E-state index contributed by atoms with van der Waals surface area (Å²) in [5.74, 6) is -1.71. The second kappa shape index (κ2) is 9.99. The third kappa shape index (κ3) is 6.49. The monoisotopic (exact) mass is 372 g/mol. The van der Waals surface area contributed by atoms with Gasteiger partial charge in [-0.1, -0.05) is 24.3 Å². The highest BCUT2D eigenvalue weighted by molar-refractivity contribution is 5.95. The molecule has 1 atom stereocenters. The van der Waals surface area contributed by atoms with Crippen molar-refractivity contribution in [3.05, 3.63) is 59.2 Å². The van der Waals surface area contributed by atoms with Crippen LogP contribution in [0.2, 0.25) is 0 Å². The van der Waals surface area contributed by atoms with Gasteiger partial charge in [-0.3, -0.25) is 14.6 Å². The number of nitrogens with zero attached hydrogens (tertiary/aromatic N) is 2. The maximum absolute atomic E-state index is 13.6. The lowest BCUT2D eigenvalue weighted by Gasteiger charge is -2.20. The van der Waals surface area contributed by atoms with E-state index in [-0.39, 0.29) is 23.4 Å². The van der Waals surface area contributed by atoms with Crippen molar-refractivity contribution in [1.29, 1.82) is 5.26 Å². The molecule has 7 nitrogen and oxygen atoms in total. The highest BCUT2D eigenvalue weighted by atomic mass is 19.1. The van der Waals surface area contributed by atoms with Crippen LogP contribution in [0.1, 0.15) is 19.4 Å². The summed E-state index contributed by atoms with van der Waals surface area (Å²) in [6, 6.07) is 7.69. The zero-order valence-corrected chi connectivity index (χ0v) is 15.1. The van der Waals surface area contributed by atoms with Crippen molar-refractivity contribution >= 4 is 18.5 Å². The number of aliphatic imine (C=N–C) groups is 1. The van der Waals surface area contributed by atoms with E-state index in [1.54, 1.807) is 19.1 Å². The Kier molecular flexibility index (Phi) is 8.04. The molecule has 0 fully saturated rings. The fourth-order valence-corrected chi connectivity index (χ4v) is 1.96. The number of rotatable bonds is 8. The van der Waals surface area contributed by atoms with Gasteiger partial charge >= 0.3 is 0 Å². The number of hydrogen-bond donors (Lipinski definition) is 3. The average Bonchev–Trinajstić information content (AvgIpc) is 2.66. The molecule has 0 heterocycles. The van der Waals surface area contributed by atoms with Crippen LogP contribution in [0.3, 0.4) is 0 Å². The van der Waals surface area contributed by atoms with E-state index in [9.17, 15) is 19.1 Å². The molecule has 3 N–H and O–H groups in total. The van der Waals surface area contributed by atoms with Crippen molar-refractivity contribution in [2.75, 3.05) is 6.61 Å². The fraction of sp³-hybridized carbons (Fsp3) is 0.263. The van der Waals surface area contributed by atoms with Gasteiger partial charge in [-0.05, 0) is 38.3 Å². The summed E-state index contributed by atoms with van der Waals surface area (Å²) in [5, 5.41) is 23.1. The summed E-state index contributed by atoms with van der Waals surface area (Å²) in [6.45, 7) is 5.68. The molecule has 0 saturated heterocycles. The third-order valence-corrected chi connectivity index (χ3v) is 3.55. The molecular weight excluding hydrogens is 351 g/mol. The molecule has 27 heavy (non-hydrogen) atoms. The fourth-order valence-electron chi connectivity index (χ4n) is 1.96. The lowest BCUT2D eigenvalue weighted by Crippen LogP contribution is -2.48. The molecule has 1 aromatic carbocycles. The van der Waals surface area contributed by atoms with Crippen LogP contribution in [0.25, 0.3) is 0 Å². The highest BCUT2D eigenvalue weighted by Crippen LogP contribution is 2.09. The molecule has 1 rings (SSSR count). The van der Waals surface area contributed by atoms with Gasteiger partial charge in [0.2, 0.25) is 5.91 Å². The summed E-state index contributed by atoms with van der Waals surface area (Å²) >= 11 is 0. The van der Waals surface area contributed by atoms with Crippen LogP contribution in [-0.4, -0.2) is 35.8 Å². The minimum Gasteiger partial charge on any atom is -0.393 e. The Morgan fingerprint density at radius 1 is 1.44 bits per heavy atom. The minimum atomic E-state index is -1.48. The van der Waals surface area contributed by atoms with E-state index in [0.717, 1.165) is 0 Å². The summed E-state index contributed by atoms with van der Waals surface area (Å²) in [6.07, 6.45) is 2.60. The Hall–Kier alpha value is -3.31. The van der Waals surface area contributed by atoms with E-state index in [1.807, 2.05) is 0 Å². The Morgan fingerprint density at radius 2 is 2.11 bits per heavy atom. The first-order valence-electron chi connectivity index (χ1n) is 8.01. The van der Waals surface area contributed by atoms with Gasteiger partial charge in [0, 0.05) is 5.70 Å².